The van der Waals surface area contributed by atoms with Crippen molar-refractivity contribution in [3.63, 3.8) is 0 Å². The molecule has 126 valence electrons. The van der Waals surface area contributed by atoms with Crippen LogP contribution in [-0.4, -0.2) is 43.8 Å². The Bertz CT molecular complexity index is 650. The van der Waals surface area contributed by atoms with E-state index in [4.69, 9.17) is 10.6 Å². The first-order valence-corrected chi connectivity index (χ1v) is 8.32. The van der Waals surface area contributed by atoms with Gasteiger partial charge in [-0.25, -0.2) is 4.79 Å². The summed E-state index contributed by atoms with van der Waals surface area (Å²) in [6.45, 7) is 3.73. The van der Waals surface area contributed by atoms with Gasteiger partial charge in [-0.15, -0.1) is 5.06 Å². The topological polar surface area (TPSA) is 58.8 Å². The van der Waals surface area contributed by atoms with Gasteiger partial charge in [-0.3, -0.25) is 0 Å². The Morgan fingerprint density at radius 2 is 1.62 bits per heavy atom. The van der Waals surface area contributed by atoms with Gasteiger partial charge >= 0.3 is 5.97 Å². The molecule has 0 amide bonds. The van der Waals surface area contributed by atoms with Gasteiger partial charge in [0.15, 0.2) is 0 Å². The Morgan fingerprint density at radius 3 is 2.25 bits per heavy atom. The summed E-state index contributed by atoms with van der Waals surface area (Å²) in [6.07, 6.45) is 0.906. The van der Waals surface area contributed by atoms with Crippen molar-refractivity contribution in [3.8, 4) is 0 Å². The second-order valence-corrected chi connectivity index (χ2v) is 5.87. The Labute approximate surface area is 142 Å². The minimum atomic E-state index is -0.296. The molecule has 0 bridgehead atoms. The van der Waals surface area contributed by atoms with Crippen molar-refractivity contribution in [3.05, 3.63) is 65.7 Å². The largest absolute Gasteiger partial charge is 0.369 e. The summed E-state index contributed by atoms with van der Waals surface area (Å²) in [7, 11) is 0. The summed E-state index contributed by atoms with van der Waals surface area (Å²) < 4.78 is 0. The molecule has 0 spiro atoms. The van der Waals surface area contributed by atoms with Crippen LogP contribution in [0, 0.1) is 0 Å². The molecule has 0 atom stereocenters. The highest BCUT2D eigenvalue weighted by Crippen LogP contribution is 2.18. The van der Waals surface area contributed by atoms with E-state index in [0.717, 1.165) is 19.5 Å². The molecule has 2 aromatic carbocycles. The van der Waals surface area contributed by atoms with Crippen molar-refractivity contribution < 1.29 is 9.63 Å². The van der Waals surface area contributed by atoms with Crippen LogP contribution in [0.3, 0.4) is 0 Å². The third-order valence-corrected chi connectivity index (χ3v) is 4.19. The number of nitrogens with two attached hydrogens (primary N) is 1. The minimum absolute atomic E-state index is 0.296. The molecule has 1 aliphatic heterocycles. The number of piperazine rings is 1. The summed E-state index contributed by atoms with van der Waals surface area (Å²) in [6, 6.07) is 17.6. The summed E-state index contributed by atoms with van der Waals surface area (Å²) in [5, 5.41) is 1.74. The highest BCUT2D eigenvalue weighted by atomic mass is 16.7. The second kappa shape index (κ2) is 7.95. The summed E-state index contributed by atoms with van der Waals surface area (Å²) >= 11 is 0. The number of hydrogen-bond donors (Lipinski definition) is 1. The molecule has 2 N–H and O–H groups in total. The number of nitrogens with zero attached hydrogens (tertiary/aromatic N) is 2. The van der Waals surface area contributed by atoms with Crippen LogP contribution in [-0.2, 0) is 11.3 Å². The maximum Gasteiger partial charge on any atom is 0.357 e. The number of carbonyl (C=O) groups excluding carboxylic acids is 1. The second-order valence-electron chi connectivity index (χ2n) is 5.87. The number of hydrogen-bond acceptors (Lipinski definition) is 5. The van der Waals surface area contributed by atoms with Crippen LogP contribution in [0.2, 0.25) is 0 Å². The minimum Gasteiger partial charge on any atom is -0.369 e. The SMILES string of the molecule is NCCc1ccc(N2CCN(OC(=O)c3ccccc3)CC2)cc1. The van der Waals surface area contributed by atoms with Crippen LogP contribution in [0.4, 0.5) is 5.69 Å². The fourth-order valence-electron chi connectivity index (χ4n) is 2.82. The van der Waals surface area contributed by atoms with Crippen LogP contribution in [0.5, 0.6) is 0 Å². The smallest absolute Gasteiger partial charge is 0.357 e. The molecular weight excluding hydrogens is 302 g/mol. The van der Waals surface area contributed by atoms with Gasteiger partial charge in [0.2, 0.25) is 0 Å². The molecule has 0 saturated carbocycles. The molecule has 0 radical (unpaired) electrons. The first-order chi connectivity index (χ1) is 11.8. The van der Waals surface area contributed by atoms with Crippen LogP contribution in [0.15, 0.2) is 54.6 Å². The zero-order valence-electron chi connectivity index (χ0n) is 13.7. The molecule has 2 aromatic rings. The third-order valence-electron chi connectivity index (χ3n) is 4.19. The monoisotopic (exact) mass is 325 g/mol. The van der Waals surface area contributed by atoms with Gasteiger partial charge in [0, 0.05) is 18.8 Å². The van der Waals surface area contributed by atoms with Crippen LogP contribution in [0.25, 0.3) is 0 Å². The van der Waals surface area contributed by atoms with Crippen molar-refractivity contribution in [2.45, 2.75) is 6.42 Å². The number of benzene rings is 2. The normalized spacial score (nSPS) is 15.3. The van der Waals surface area contributed by atoms with Crippen molar-refractivity contribution >= 4 is 11.7 Å². The van der Waals surface area contributed by atoms with Crippen molar-refractivity contribution in [1.29, 1.82) is 0 Å². The zero-order chi connectivity index (χ0) is 16.8. The molecule has 1 fully saturated rings. The fourth-order valence-corrected chi connectivity index (χ4v) is 2.82. The third kappa shape index (κ3) is 4.13. The lowest BCUT2D eigenvalue weighted by Crippen LogP contribution is -2.47. The predicted molar refractivity (Wildman–Crippen MR) is 94.8 cm³/mol. The average Bonchev–Trinajstić information content (AvgIpc) is 2.64. The fraction of sp³-hybridized carbons (Fsp3) is 0.316. The van der Waals surface area contributed by atoms with E-state index >= 15 is 0 Å². The summed E-state index contributed by atoms with van der Waals surface area (Å²) in [5.74, 6) is -0.296. The molecule has 5 nitrogen and oxygen atoms in total. The van der Waals surface area contributed by atoms with E-state index in [2.05, 4.69) is 29.2 Å². The first kappa shape index (κ1) is 16.5. The Kier molecular flexibility index (Phi) is 5.46. The predicted octanol–water partition coefficient (Wildman–Crippen LogP) is 2.08. The first-order valence-electron chi connectivity index (χ1n) is 8.32. The van der Waals surface area contributed by atoms with Gasteiger partial charge in [0.05, 0.1) is 18.7 Å². The van der Waals surface area contributed by atoms with E-state index < -0.39 is 0 Å². The molecule has 5 heteroatoms. The molecule has 1 heterocycles. The van der Waals surface area contributed by atoms with Crippen LogP contribution in [0.1, 0.15) is 15.9 Å². The Hall–Kier alpha value is -2.37. The number of anilines is 1. The summed E-state index contributed by atoms with van der Waals surface area (Å²) in [5.41, 5.74) is 8.62. The zero-order valence-corrected chi connectivity index (χ0v) is 13.7. The van der Waals surface area contributed by atoms with E-state index in [1.807, 2.05) is 18.2 Å². The van der Waals surface area contributed by atoms with Gasteiger partial charge < -0.3 is 15.5 Å². The van der Waals surface area contributed by atoms with Gasteiger partial charge in [-0.1, -0.05) is 30.3 Å². The molecular formula is C19H23N3O2. The van der Waals surface area contributed by atoms with Gasteiger partial charge in [0.25, 0.3) is 0 Å². The van der Waals surface area contributed by atoms with E-state index in [1.54, 1.807) is 17.2 Å². The molecule has 0 unspecified atom stereocenters. The molecule has 24 heavy (non-hydrogen) atoms. The van der Waals surface area contributed by atoms with E-state index in [1.165, 1.54) is 11.3 Å². The number of hydroxylamine groups is 2. The Morgan fingerprint density at radius 1 is 0.958 bits per heavy atom. The van der Waals surface area contributed by atoms with E-state index in [-0.39, 0.29) is 5.97 Å². The molecule has 0 aromatic heterocycles. The maximum atomic E-state index is 12.1. The van der Waals surface area contributed by atoms with Gasteiger partial charge in [-0.2, -0.15) is 0 Å². The lowest BCUT2D eigenvalue weighted by molar-refractivity contribution is -0.112. The quantitative estimate of drug-likeness (QED) is 0.912. The van der Waals surface area contributed by atoms with Gasteiger partial charge in [0.1, 0.15) is 0 Å². The maximum absolute atomic E-state index is 12.1. The van der Waals surface area contributed by atoms with Crippen LogP contribution >= 0.6 is 0 Å². The number of rotatable bonds is 5. The standard InChI is InChI=1S/C19H23N3O2/c20-11-10-16-6-8-18(9-7-16)21-12-14-22(15-13-21)24-19(23)17-4-2-1-3-5-17/h1-9H,10-15,20H2. The number of carbonyl (C=O) groups is 1. The molecule has 1 aliphatic rings. The Balaban J connectivity index is 1.51. The lowest BCUT2D eigenvalue weighted by atomic mass is 10.1. The highest BCUT2D eigenvalue weighted by molar-refractivity contribution is 5.89. The average molecular weight is 325 g/mol. The molecule has 1 saturated heterocycles. The van der Waals surface area contributed by atoms with E-state index in [9.17, 15) is 4.79 Å². The summed E-state index contributed by atoms with van der Waals surface area (Å²) in [4.78, 5) is 19.8. The van der Waals surface area contributed by atoms with Crippen molar-refractivity contribution in [2.24, 2.45) is 5.73 Å². The van der Waals surface area contributed by atoms with Crippen molar-refractivity contribution in [1.82, 2.24) is 5.06 Å². The highest BCUT2D eigenvalue weighted by Gasteiger charge is 2.21. The lowest BCUT2D eigenvalue weighted by Gasteiger charge is -2.34. The van der Waals surface area contributed by atoms with Crippen molar-refractivity contribution in [2.75, 3.05) is 37.6 Å². The molecule has 0 aliphatic carbocycles. The van der Waals surface area contributed by atoms with Crippen LogP contribution < -0.4 is 10.6 Å². The van der Waals surface area contributed by atoms with Gasteiger partial charge in [-0.05, 0) is 42.8 Å². The molecule has 3 rings (SSSR count). The van der Waals surface area contributed by atoms with E-state index in [0.29, 0.717) is 25.2 Å².